The van der Waals surface area contributed by atoms with Gasteiger partial charge >= 0.3 is 5.69 Å². The standard InChI is InChI=1S/C9H8N2O4/c12-5-6-3-8(11(13)14)9(4-10-6)15-7-1-2-7/h3-5,7H,1-2H2. The van der Waals surface area contributed by atoms with Gasteiger partial charge in [0.25, 0.3) is 0 Å². The average molecular weight is 208 g/mol. The number of ether oxygens (including phenoxy) is 1. The Morgan fingerprint density at radius 1 is 1.60 bits per heavy atom. The van der Waals surface area contributed by atoms with E-state index in [0.29, 0.717) is 6.29 Å². The molecule has 0 saturated heterocycles. The first kappa shape index (κ1) is 9.57. The normalized spacial score (nSPS) is 14.7. The van der Waals surface area contributed by atoms with E-state index in [4.69, 9.17) is 4.74 Å². The second-order valence-electron chi connectivity index (χ2n) is 3.27. The molecule has 0 atom stereocenters. The Kier molecular flexibility index (Phi) is 2.32. The van der Waals surface area contributed by atoms with Crippen molar-refractivity contribution in [2.24, 2.45) is 0 Å². The number of aldehydes is 1. The molecule has 0 unspecified atom stereocenters. The zero-order chi connectivity index (χ0) is 10.8. The Labute approximate surface area is 85.0 Å². The van der Waals surface area contributed by atoms with E-state index in [0.717, 1.165) is 18.9 Å². The van der Waals surface area contributed by atoms with Crippen molar-refractivity contribution in [1.29, 1.82) is 0 Å². The summed E-state index contributed by atoms with van der Waals surface area (Å²) < 4.78 is 5.30. The molecule has 1 fully saturated rings. The van der Waals surface area contributed by atoms with E-state index in [-0.39, 0.29) is 23.2 Å². The van der Waals surface area contributed by atoms with Gasteiger partial charge in [-0.1, -0.05) is 0 Å². The third-order valence-corrected chi connectivity index (χ3v) is 2.00. The first-order chi connectivity index (χ1) is 7.20. The maximum absolute atomic E-state index is 10.7. The third kappa shape index (κ3) is 2.09. The number of rotatable bonds is 4. The Morgan fingerprint density at radius 2 is 2.33 bits per heavy atom. The number of carbonyl (C=O) groups excluding carboxylic acids is 1. The number of aromatic nitrogens is 1. The summed E-state index contributed by atoms with van der Waals surface area (Å²) in [6, 6.07) is 1.12. The molecule has 15 heavy (non-hydrogen) atoms. The van der Waals surface area contributed by atoms with Crippen molar-refractivity contribution < 1.29 is 14.5 Å². The molecule has 6 heteroatoms. The van der Waals surface area contributed by atoms with Crippen LogP contribution in [-0.4, -0.2) is 22.3 Å². The van der Waals surface area contributed by atoms with Crippen LogP contribution >= 0.6 is 0 Å². The van der Waals surface area contributed by atoms with Crippen molar-refractivity contribution in [3.8, 4) is 5.75 Å². The molecule has 1 aliphatic carbocycles. The van der Waals surface area contributed by atoms with Crippen molar-refractivity contribution in [3.05, 3.63) is 28.1 Å². The second kappa shape index (κ2) is 3.64. The molecule has 0 amide bonds. The van der Waals surface area contributed by atoms with Gasteiger partial charge in [0, 0.05) is 6.07 Å². The summed E-state index contributed by atoms with van der Waals surface area (Å²) in [5.41, 5.74) is -0.177. The fourth-order valence-corrected chi connectivity index (χ4v) is 1.11. The van der Waals surface area contributed by atoms with E-state index in [1.807, 2.05) is 0 Å². The summed E-state index contributed by atoms with van der Waals surface area (Å²) in [5.74, 6) is 0.133. The molecule has 0 bridgehead atoms. The van der Waals surface area contributed by atoms with E-state index < -0.39 is 4.92 Å². The predicted octanol–water partition coefficient (Wildman–Crippen LogP) is 1.34. The second-order valence-corrected chi connectivity index (χ2v) is 3.27. The predicted molar refractivity (Wildman–Crippen MR) is 49.9 cm³/mol. The molecule has 1 aromatic heterocycles. The van der Waals surface area contributed by atoms with Gasteiger partial charge in [-0.3, -0.25) is 14.9 Å². The molecule has 0 N–H and O–H groups in total. The molecule has 78 valence electrons. The van der Waals surface area contributed by atoms with E-state index >= 15 is 0 Å². The zero-order valence-electron chi connectivity index (χ0n) is 7.75. The van der Waals surface area contributed by atoms with Crippen LogP contribution in [0.1, 0.15) is 23.3 Å². The van der Waals surface area contributed by atoms with E-state index in [1.165, 1.54) is 6.20 Å². The molecule has 6 nitrogen and oxygen atoms in total. The van der Waals surface area contributed by atoms with Gasteiger partial charge in [0.15, 0.2) is 6.29 Å². The summed E-state index contributed by atoms with van der Waals surface area (Å²) in [5, 5.41) is 10.7. The molecular weight excluding hydrogens is 200 g/mol. The van der Waals surface area contributed by atoms with Crippen LogP contribution in [-0.2, 0) is 0 Å². The molecule has 0 spiro atoms. The van der Waals surface area contributed by atoms with Crippen LogP contribution in [0.3, 0.4) is 0 Å². The largest absolute Gasteiger partial charge is 0.482 e. The van der Waals surface area contributed by atoms with Crippen LogP contribution in [0.5, 0.6) is 5.75 Å². The van der Waals surface area contributed by atoms with Crippen LogP contribution in [0, 0.1) is 10.1 Å². The monoisotopic (exact) mass is 208 g/mol. The fourth-order valence-electron chi connectivity index (χ4n) is 1.11. The van der Waals surface area contributed by atoms with Gasteiger partial charge in [0.2, 0.25) is 5.75 Å². The highest BCUT2D eigenvalue weighted by atomic mass is 16.6. The minimum atomic E-state index is -0.577. The number of nitrogens with zero attached hydrogens (tertiary/aromatic N) is 2. The maximum Gasteiger partial charge on any atom is 0.314 e. The first-order valence-corrected chi connectivity index (χ1v) is 4.47. The molecular formula is C9H8N2O4. The van der Waals surface area contributed by atoms with Crippen molar-refractivity contribution in [2.75, 3.05) is 0 Å². The van der Waals surface area contributed by atoms with Gasteiger partial charge in [-0.05, 0) is 12.8 Å². The molecule has 0 aromatic carbocycles. The Bertz CT molecular complexity index is 415. The lowest BCUT2D eigenvalue weighted by Gasteiger charge is -2.04. The summed E-state index contributed by atoms with van der Waals surface area (Å²) in [6.07, 6.45) is 3.57. The summed E-state index contributed by atoms with van der Waals surface area (Å²) >= 11 is 0. The molecule has 1 heterocycles. The molecule has 1 aliphatic rings. The molecule has 2 rings (SSSR count). The van der Waals surface area contributed by atoms with Crippen molar-refractivity contribution in [2.45, 2.75) is 18.9 Å². The van der Waals surface area contributed by atoms with Crippen LogP contribution < -0.4 is 4.74 Å². The van der Waals surface area contributed by atoms with E-state index in [1.54, 1.807) is 0 Å². The quantitative estimate of drug-likeness (QED) is 0.423. The van der Waals surface area contributed by atoms with Gasteiger partial charge in [0.1, 0.15) is 5.69 Å². The lowest BCUT2D eigenvalue weighted by atomic mass is 10.3. The van der Waals surface area contributed by atoms with E-state index in [2.05, 4.69) is 4.98 Å². The highest BCUT2D eigenvalue weighted by molar-refractivity contribution is 5.73. The first-order valence-electron chi connectivity index (χ1n) is 4.47. The van der Waals surface area contributed by atoms with Gasteiger partial charge in [-0.15, -0.1) is 0 Å². The molecule has 1 saturated carbocycles. The number of hydrogen-bond acceptors (Lipinski definition) is 5. The van der Waals surface area contributed by atoms with Crippen LogP contribution in [0.4, 0.5) is 5.69 Å². The number of pyridine rings is 1. The van der Waals surface area contributed by atoms with Gasteiger partial charge < -0.3 is 4.74 Å². The Hall–Kier alpha value is -1.98. The maximum atomic E-state index is 10.7. The van der Waals surface area contributed by atoms with Crippen LogP contribution in [0.15, 0.2) is 12.3 Å². The smallest absolute Gasteiger partial charge is 0.314 e. The molecule has 1 aromatic rings. The number of carbonyl (C=O) groups is 1. The summed E-state index contributed by atoms with van der Waals surface area (Å²) in [4.78, 5) is 24.2. The van der Waals surface area contributed by atoms with Crippen LogP contribution in [0.25, 0.3) is 0 Å². The third-order valence-electron chi connectivity index (χ3n) is 2.00. The SMILES string of the molecule is O=Cc1cc([N+](=O)[O-])c(OC2CC2)cn1. The van der Waals surface area contributed by atoms with Crippen molar-refractivity contribution >= 4 is 12.0 Å². The zero-order valence-corrected chi connectivity index (χ0v) is 7.75. The number of nitro groups is 1. The number of hydrogen-bond donors (Lipinski definition) is 0. The van der Waals surface area contributed by atoms with E-state index in [9.17, 15) is 14.9 Å². The van der Waals surface area contributed by atoms with Crippen molar-refractivity contribution in [3.63, 3.8) is 0 Å². The minimum absolute atomic E-state index is 0.0323. The Morgan fingerprint density at radius 3 is 2.87 bits per heavy atom. The minimum Gasteiger partial charge on any atom is -0.482 e. The Balaban J connectivity index is 2.33. The highest BCUT2D eigenvalue weighted by Gasteiger charge is 2.27. The molecule has 0 aliphatic heterocycles. The van der Waals surface area contributed by atoms with Gasteiger partial charge in [-0.2, -0.15) is 0 Å². The topological polar surface area (TPSA) is 82.3 Å². The fraction of sp³-hybridized carbons (Fsp3) is 0.333. The molecule has 0 radical (unpaired) electrons. The van der Waals surface area contributed by atoms with Crippen molar-refractivity contribution in [1.82, 2.24) is 4.98 Å². The van der Waals surface area contributed by atoms with Gasteiger partial charge in [0.05, 0.1) is 17.2 Å². The summed E-state index contributed by atoms with van der Waals surface area (Å²) in [7, 11) is 0. The highest BCUT2D eigenvalue weighted by Crippen LogP contribution is 2.32. The average Bonchev–Trinajstić information content (AvgIpc) is 3.02. The van der Waals surface area contributed by atoms with Crippen LogP contribution in [0.2, 0.25) is 0 Å². The summed E-state index contributed by atoms with van der Waals surface area (Å²) in [6.45, 7) is 0. The lowest BCUT2D eigenvalue weighted by Crippen LogP contribution is -2.02. The lowest BCUT2D eigenvalue weighted by molar-refractivity contribution is -0.386. The van der Waals surface area contributed by atoms with Gasteiger partial charge in [-0.25, -0.2) is 4.98 Å².